The second-order valence-corrected chi connectivity index (χ2v) is 7.59. The molecule has 1 aromatic heterocycles. The molecule has 1 fully saturated rings. The van der Waals surface area contributed by atoms with Gasteiger partial charge in [-0.1, -0.05) is 55.1 Å². The predicted molar refractivity (Wildman–Crippen MR) is 113 cm³/mol. The first-order valence-electron chi connectivity index (χ1n) is 9.16. The number of para-hydroxylation sites is 1. The first-order chi connectivity index (χ1) is 13.6. The number of aromatic nitrogens is 2. The minimum Gasteiger partial charge on any atom is -0.282 e. The number of hydrogen-bond acceptors (Lipinski definition) is 5. The summed E-state index contributed by atoms with van der Waals surface area (Å²) in [6.07, 6.45) is 0.816. The maximum atomic E-state index is 13.5. The van der Waals surface area contributed by atoms with Crippen molar-refractivity contribution in [2.75, 3.05) is 5.75 Å². The molecule has 4 rings (SSSR count). The van der Waals surface area contributed by atoms with E-state index < -0.39 is 0 Å². The van der Waals surface area contributed by atoms with Gasteiger partial charge in [-0.05, 0) is 24.6 Å². The van der Waals surface area contributed by atoms with Crippen molar-refractivity contribution in [1.82, 2.24) is 14.7 Å². The lowest BCUT2D eigenvalue weighted by atomic mass is 10.1. The summed E-state index contributed by atoms with van der Waals surface area (Å²) in [5.41, 5.74) is 0.866. The largest absolute Gasteiger partial charge is 0.282 e. The summed E-state index contributed by atoms with van der Waals surface area (Å²) in [4.78, 5) is 32.4. The summed E-state index contributed by atoms with van der Waals surface area (Å²) in [6, 6.07) is 16.7. The summed E-state index contributed by atoms with van der Waals surface area (Å²) < 4.78 is 1.23. The normalized spacial score (nSPS) is 18.1. The van der Waals surface area contributed by atoms with Crippen molar-refractivity contribution in [3.63, 3.8) is 0 Å². The monoisotopic (exact) mass is 392 g/mol. The molecular weight excluding hydrogens is 372 g/mol. The van der Waals surface area contributed by atoms with Gasteiger partial charge in [-0.15, -0.1) is 0 Å². The zero-order valence-corrected chi connectivity index (χ0v) is 16.5. The fraction of sp³-hybridized carbons (Fsp3) is 0.238. The van der Waals surface area contributed by atoms with E-state index in [0.29, 0.717) is 15.9 Å². The Balaban J connectivity index is 1.83. The first-order valence-corrected chi connectivity index (χ1v) is 10.1. The second-order valence-electron chi connectivity index (χ2n) is 6.60. The van der Waals surface area contributed by atoms with Crippen LogP contribution >= 0.6 is 11.8 Å². The highest BCUT2D eigenvalue weighted by Crippen LogP contribution is 2.30. The Morgan fingerprint density at radius 2 is 1.82 bits per heavy atom. The minimum atomic E-state index is -0.224. The molecule has 28 heavy (non-hydrogen) atoms. The summed E-state index contributed by atoms with van der Waals surface area (Å²) in [7, 11) is 1.57. The van der Waals surface area contributed by atoms with Crippen LogP contribution < -0.4 is 5.56 Å². The summed E-state index contributed by atoms with van der Waals surface area (Å²) in [5.74, 6) is 0.566. The number of amides is 1. The zero-order valence-electron chi connectivity index (χ0n) is 15.7. The van der Waals surface area contributed by atoms with Gasteiger partial charge in [0, 0.05) is 24.2 Å². The smallest absolute Gasteiger partial charge is 0.281 e. The number of fused-ring (bicyclic) bond motifs is 1. The van der Waals surface area contributed by atoms with E-state index in [1.807, 2.05) is 36.4 Å². The third-order valence-electron chi connectivity index (χ3n) is 4.81. The lowest BCUT2D eigenvalue weighted by Crippen LogP contribution is -2.40. The lowest BCUT2D eigenvalue weighted by Gasteiger charge is -2.23. The van der Waals surface area contributed by atoms with Gasteiger partial charge in [0.15, 0.2) is 10.9 Å². The Bertz CT molecular complexity index is 1120. The minimum absolute atomic E-state index is 0.0396. The van der Waals surface area contributed by atoms with Gasteiger partial charge in [-0.25, -0.2) is 9.67 Å². The number of rotatable bonds is 3. The van der Waals surface area contributed by atoms with Gasteiger partial charge in [-0.2, -0.15) is 5.10 Å². The number of aryl methyl sites for hydroxylation is 1. The van der Waals surface area contributed by atoms with Crippen LogP contribution in [-0.4, -0.2) is 37.5 Å². The van der Waals surface area contributed by atoms with Crippen LogP contribution in [0.2, 0.25) is 0 Å². The molecule has 1 saturated heterocycles. The number of hydrogen-bond donors (Lipinski definition) is 0. The molecule has 0 bridgehead atoms. The lowest BCUT2D eigenvalue weighted by molar-refractivity contribution is 0.0813. The second kappa shape index (κ2) is 7.59. The summed E-state index contributed by atoms with van der Waals surface area (Å²) in [6.45, 7) is 2.06. The van der Waals surface area contributed by atoms with Crippen molar-refractivity contribution in [3.8, 4) is 0 Å². The van der Waals surface area contributed by atoms with Crippen LogP contribution in [0, 0.1) is 0 Å². The van der Waals surface area contributed by atoms with E-state index in [0.717, 1.165) is 17.9 Å². The van der Waals surface area contributed by atoms with Crippen LogP contribution in [0.25, 0.3) is 10.8 Å². The standard InChI is InChI=1S/C21H20N4O2S/c1-3-15-13-28-21(22-14-9-5-4-6-10-14)25(15)20(27)18-16-11-7-8-12-17(16)19(26)24(2)23-18/h4-12,15H,3,13H2,1-2H3/t15-/m1/s1. The molecule has 1 aliphatic rings. The number of nitrogens with zero attached hydrogens (tertiary/aromatic N) is 4. The Morgan fingerprint density at radius 1 is 1.14 bits per heavy atom. The maximum absolute atomic E-state index is 13.5. The van der Waals surface area contributed by atoms with Crippen molar-refractivity contribution < 1.29 is 4.79 Å². The van der Waals surface area contributed by atoms with Crippen LogP contribution in [0.15, 0.2) is 64.4 Å². The van der Waals surface area contributed by atoms with Gasteiger partial charge in [0.25, 0.3) is 11.5 Å². The first kappa shape index (κ1) is 18.4. The van der Waals surface area contributed by atoms with Gasteiger partial charge >= 0.3 is 0 Å². The average molecular weight is 392 g/mol. The topological polar surface area (TPSA) is 67.6 Å². The molecule has 0 saturated carbocycles. The van der Waals surface area contributed by atoms with Crippen molar-refractivity contribution in [2.45, 2.75) is 19.4 Å². The van der Waals surface area contributed by atoms with Crippen molar-refractivity contribution in [3.05, 3.63) is 70.6 Å². The summed E-state index contributed by atoms with van der Waals surface area (Å²) in [5, 5.41) is 6.03. The highest BCUT2D eigenvalue weighted by atomic mass is 32.2. The molecule has 2 heterocycles. The van der Waals surface area contributed by atoms with E-state index in [1.54, 1.807) is 41.9 Å². The third-order valence-corrected chi connectivity index (χ3v) is 5.90. The summed E-state index contributed by atoms with van der Waals surface area (Å²) >= 11 is 1.57. The maximum Gasteiger partial charge on any atom is 0.281 e. The molecule has 0 unspecified atom stereocenters. The van der Waals surface area contributed by atoms with E-state index >= 15 is 0 Å². The number of amidine groups is 1. The predicted octanol–water partition coefficient (Wildman–Crippen LogP) is 3.59. The van der Waals surface area contributed by atoms with Crippen LogP contribution in [0.3, 0.4) is 0 Å². The molecule has 0 aliphatic carbocycles. The molecule has 6 nitrogen and oxygen atoms in total. The van der Waals surface area contributed by atoms with Gasteiger partial charge in [-0.3, -0.25) is 14.5 Å². The highest BCUT2D eigenvalue weighted by molar-refractivity contribution is 8.14. The van der Waals surface area contributed by atoms with Crippen LogP contribution in [0.5, 0.6) is 0 Å². The van der Waals surface area contributed by atoms with Gasteiger partial charge < -0.3 is 0 Å². The molecule has 0 spiro atoms. The SMILES string of the molecule is CC[C@@H]1CSC(=Nc2ccccc2)N1C(=O)c1nn(C)c(=O)c2ccccc12. The van der Waals surface area contributed by atoms with E-state index in [9.17, 15) is 9.59 Å². The van der Waals surface area contributed by atoms with Crippen molar-refractivity contribution >= 4 is 39.3 Å². The Hall–Kier alpha value is -2.93. The Morgan fingerprint density at radius 3 is 2.54 bits per heavy atom. The van der Waals surface area contributed by atoms with Crippen LogP contribution in [0.1, 0.15) is 23.8 Å². The Kier molecular flexibility index (Phi) is 5.00. The molecule has 1 aliphatic heterocycles. The number of carbonyl (C=O) groups is 1. The number of thioether (sulfide) groups is 1. The highest BCUT2D eigenvalue weighted by Gasteiger charge is 2.36. The molecule has 1 atom stereocenters. The van der Waals surface area contributed by atoms with Crippen molar-refractivity contribution in [1.29, 1.82) is 0 Å². The molecule has 0 radical (unpaired) electrons. The van der Waals surface area contributed by atoms with E-state index in [1.165, 1.54) is 4.68 Å². The van der Waals surface area contributed by atoms with Gasteiger partial charge in [0.1, 0.15) is 0 Å². The van der Waals surface area contributed by atoms with E-state index in [2.05, 4.69) is 12.0 Å². The van der Waals surface area contributed by atoms with Gasteiger partial charge in [0.05, 0.1) is 11.1 Å². The number of aliphatic imine (C=N–C) groups is 1. The third kappa shape index (κ3) is 3.22. The van der Waals surface area contributed by atoms with E-state index in [4.69, 9.17) is 4.99 Å². The molecule has 142 valence electrons. The van der Waals surface area contributed by atoms with Crippen LogP contribution in [0.4, 0.5) is 5.69 Å². The van der Waals surface area contributed by atoms with Gasteiger partial charge in [0.2, 0.25) is 0 Å². The molecular formula is C21H20N4O2S. The van der Waals surface area contributed by atoms with E-state index in [-0.39, 0.29) is 23.2 Å². The van der Waals surface area contributed by atoms with Crippen LogP contribution in [-0.2, 0) is 7.05 Å². The molecule has 1 amide bonds. The quantitative estimate of drug-likeness (QED) is 0.683. The fourth-order valence-electron chi connectivity index (χ4n) is 3.29. The fourth-order valence-corrected chi connectivity index (χ4v) is 4.56. The molecule has 2 aromatic carbocycles. The number of benzene rings is 2. The molecule has 0 N–H and O–H groups in total. The van der Waals surface area contributed by atoms with Crippen molar-refractivity contribution in [2.24, 2.45) is 12.0 Å². The number of carbonyl (C=O) groups excluding carboxylic acids is 1. The molecule has 7 heteroatoms. The average Bonchev–Trinajstić information content (AvgIpc) is 3.13. The zero-order chi connectivity index (χ0) is 19.7. The molecule has 3 aromatic rings. The Labute approximate surface area is 166 Å².